The van der Waals surface area contributed by atoms with Crippen LogP contribution in [0.15, 0.2) is 36.9 Å². The number of esters is 1. The van der Waals surface area contributed by atoms with Gasteiger partial charge in [-0.15, -0.1) is 0 Å². The molecule has 1 saturated heterocycles. The number of aromatic nitrogens is 3. The molecule has 1 aliphatic rings. The minimum absolute atomic E-state index is 0.325. The van der Waals surface area contributed by atoms with Crippen molar-refractivity contribution in [1.82, 2.24) is 14.5 Å². The van der Waals surface area contributed by atoms with Gasteiger partial charge in [0, 0.05) is 30.4 Å². The number of rotatable bonds is 3. The number of pyridine rings is 1. The molecule has 3 heterocycles. The monoisotopic (exact) mass is 448 g/mol. The number of anilines is 1. The highest BCUT2D eigenvalue weighted by molar-refractivity contribution is 6.45. The Morgan fingerprint density at radius 2 is 2.07 bits per heavy atom. The van der Waals surface area contributed by atoms with Crippen molar-refractivity contribution in [3.8, 4) is 5.69 Å². The highest BCUT2D eigenvalue weighted by Crippen LogP contribution is 2.36. The molecule has 1 aliphatic heterocycles. The van der Waals surface area contributed by atoms with Gasteiger partial charge in [-0.3, -0.25) is 0 Å². The summed E-state index contributed by atoms with van der Waals surface area (Å²) in [5.74, 6) is 0.0125. The van der Waals surface area contributed by atoms with Gasteiger partial charge in [0.15, 0.2) is 6.04 Å². The SMILES string of the molecule is CC(C)(C)OC(=O)[C@@H]1[C@@H](O)CCN1c1cc(-n2ccnc2)c2ccc(Cl)c(Cl)c2n1. The summed E-state index contributed by atoms with van der Waals surface area (Å²) in [7, 11) is 0. The molecule has 1 fully saturated rings. The first-order valence-corrected chi connectivity index (χ1v) is 10.4. The van der Waals surface area contributed by atoms with E-state index >= 15 is 0 Å². The predicted octanol–water partition coefficient (Wildman–Crippen LogP) is 4.01. The topological polar surface area (TPSA) is 80.5 Å². The molecule has 0 spiro atoms. The number of carbonyl (C=O) groups is 1. The summed E-state index contributed by atoms with van der Waals surface area (Å²) >= 11 is 12.7. The van der Waals surface area contributed by atoms with Crippen LogP contribution in [-0.4, -0.2) is 49.9 Å². The van der Waals surface area contributed by atoms with Crippen LogP contribution in [0.4, 0.5) is 5.82 Å². The number of aliphatic hydroxyl groups excluding tert-OH is 1. The van der Waals surface area contributed by atoms with Gasteiger partial charge in [0.05, 0.1) is 33.7 Å². The zero-order valence-electron chi connectivity index (χ0n) is 16.8. The Hall–Kier alpha value is -2.35. The van der Waals surface area contributed by atoms with Crippen molar-refractivity contribution < 1.29 is 14.6 Å². The summed E-state index contributed by atoms with van der Waals surface area (Å²) in [4.78, 5) is 23.4. The van der Waals surface area contributed by atoms with Crippen molar-refractivity contribution >= 4 is 45.9 Å². The fraction of sp³-hybridized carbons (Fsp3) is 0.381. The summed E-state index contributed by atoms with van der Waals surface area (Å²) in [6.45, 7) is 5.84. The highest BCUT2D eigenvalue weighted by atomic mass is 35.5. The van der Waals surface area contributed by atoms with Crippen molar-refractivity contribution in [3.05, 3.63) is 47.0 Å². The third kappa shape index (κ3) is 3.85. The van der Waals surface area contributed by atoms with Gasteiger partial charge in [-0.1, -0.05) is 23.2 Å². The Kier molecular flexibility index (Phi) is 5.38. The number of hydrogen-bond donors (Lipinski definition) is 1. The summed E-state index contributed by atoms with van der Waals surface area (Å²) < 4.78 is 7.39. The molecule has 9 heteroatoms. The average molecular weight is 449 g/mol. The maximum Gasteiger partial charge on any atom is 0.332 e. The van der Waals surface area contributed by atoms with Gasteiger partial charge in [0.2, 0.25) is 0 Å². The Labute approximate surface area is 184 Å². The predicted molar refractivity (Wildman–Crippen MR) is 116 cm³/mol. The molecule has 4 rings (SSSR count). The zero-order valence-corrected chi connectivity index (χ0v) is 18.4. The van der Waals surface area contributed by atoms with E-state index < -0.39 is 23.7 Å². The first-order chi connectivity index (χ1) is 14.2. The molecule has 3 aromatic rings. The number of ether oxygens (including phenoxy) is 1. The van der Waals surface area contributed by atoms with Gasteiger partial charge in [0.1, 0.15) is 11.4 Å². The largest absolute Gasteiger partial charge is 0.458 e. The fourth-order valence-electron chi connectivity index (χ4n) is 3.64. The van der Waals surface area contributed by atoms with Crippen molar-refractivity contribution in [2.45, 2.75) is 44.9 Å². The molecule has 2 atom stereocenters. The van der Waals surface area contributed by atoms with E-state index in [1.165, 1.54) is 0 Å². The standard InChI is InChI=1S/C21H22Cl2N4O3/c1-21(2,3)30-20(29)19-15(28)6-8-27(19)16-10-14(26-9-7-24-11-26)12-4-5-13(22)17(23)18(12)25-16/h4-5,7,9-11,15,19,28H,6,8H2,1-3H3/t15-,19-/m0/s1. The van der Waals surface area contributed by atoms with Crippen LogP contribution >= 0.6 is 23.2 Å². The first kappa shape index (κ1) is 20.9. The second-order valence-electron chi connectivity index (χ2n) is 8.25. The van der Waals surface area contributed by atoms with Gasteiger partial charge < -0.3 is 19.3 Å². The molecule has 1 aromatic carbocycles. The van der Waals surface area contributed by atoms with Crippen LogP contribution in [0, 0.1) is 0 Å². The van der Waals surface area contributed by atoms with E-state index in [2.05, 4.69) is 4.98 Å². The van der Waals surface area contributed by atoms with Crippen molar-refractivity contribution in [1.29, 1.82) is 0 Å². The van der Waals surface area contributed by atoms with Gasteiger partial charge in [-0.25, -0.2) is 14.8 Å². The summed E-state index contributed by atoms with van der Waals surface area (Å²) in [5.41, 5.74) is 0.630. The first-order valence-electron chi connectivity index (χ1n) is 9.60. The minimum Gasteiger partial charge on any atom is -0.458 e. The summed E-state index contributed by atoms with van der Waals surface area (Å²) in [5, 5.41) is 12.0. The lowest BCUT2D eigenvalue weighted by atomic mass is 10.1. The summed E-state index contributed by atoms with van der Waals surface area (Å²) in [6.07, 6.45) is 4.72. The van der Waals surface area contributed by atoms with E-state index in [9.17, 15) is 9.90 Å². The van der Waals surface area contributed by atoms with E-state index in [0.717, 1.165) is 11.1 Å². The smallest absolute Gasteiger partial charge is 0.332 e. The molecule has 0 aliphatic carbocycles. The number of nitrogens with zero attached hydrogens (tertiary/aromatic N) is 4. The zero-order chi connectivity index (χ0) is 21.6. The lowest BCUT2D eigenvalue weighted by Gasteiger charge is -2.29. The normalized spacial score (nSPS) is 19.5. The quantitative estimate of drug-likeness (QED) is 0.609. The van der Waals surface area contributed by atoms with Gasteiger partial charge in [-0.05, 0) is 39.3 Å². The second-order valence-corrected chi connectivity index (χ2v) is 9.04. The lowest BCUT2D eigenvalue weighted by molar-refractivity contribution is -0.158. The van der Waals surface area contributed by atoms with Crippen molar-refractivity contribution in [3.63, 3.8) is 0 Å². The third-order valence-electron chi connectivity index (χ3n) is 4.93. The maximum absolute atomic E-state index is 12.8. The fourth-order valence-corrected chi connectivity index (χ4v) is 4.00. The second kappa shape index (κ2) is 7.72. The molecule has 0 radical (unpaired) electrons. The molecule has 7 nitrogen and oxygen atoms in total. The van der Waals surface area contributed by atoms with Crippen LogP contribution in [0.2, 0.25) is 10.0 Å². The molecule has 2 aromatic heterocycles. The van der Waals surface area contributed by atoms with Crippen LogP contribution in [0.1, 0.15) is 27.2 Å². The van der Waals surface area contributed by atoms with Crippen molar-refractivity contribution in [2.24, 2.45) is 0 Å². The Balaban J connectivity index is 1.86. The van der Waals surface area contributed by atoms with Gasteiger partial charge in [-0.2, -0.15) is 0 Å². The van der Waals surface area contributed by atoms with Gasteiger partial charge >= 0.3 is 5.97 Å². The van der Waals surface area contributed by atoms with E-state index in [1.54, 1.807) is 44.3 Å². The summed E-state index contributed by atoms with van der Waals surface area (Å²) in [6, 6.07) is 4.56. The van der Waals surface area contributed by atoms with E-state index in [-0.39, 0.29) is 0 Å². The number of carbonyl (C=O) groups excluding carboxylic acids is 1. The molecule has 0 bridgehead atoms. The number of benzene rings is 1. The van der Waals surface area contributed by atoms with E-state index in [1.807, 2.05) is 22.9 Å². The van der Waals surface area contributed by atoms with Crippen LogP contribution in [0.3, 0.4) is 0 Å². The average Bonchev–Trinajstić information content (AvgIpc) is 3.32. The van der Waals surface area contributed by atoms with Crippen LogP contribution < -0.4 is 4.90 Å². The minimum atomic E-state index is -0.859. The van der Waals surface area contributed by atoms with Crippen LogP contribution in [0.5, 0.6) is 0 Å². The molecule has 0 saturated carbocycles. The number of hydrogen-bond acceptors (Lipinski definition) is 6. The molecule has 30 heavy (non-hydrogen) atoms. The van der Waals surface area contributed by atoms with Crippen molar-refractivity contribution in [2.75, 3.05) is 11.4 Å². The Bertz CT molecular complexity index is 1100. The van der Waals surface area contributed by atoms with Crippen LogP contribution in [0.25, 0.3) is 16.6 Å². The van der Waals surface area contributed by atoms with E-state index in [4.69, 9.17) is 32.9 Å². The molecule has 1 N–H and O–H groups in total. The number of fused-ring (bicyclic) bond motifs is 1. The molecular weight excluding hydrogens is 427 g/mol. The third-order valence-corrected chi connectivity index (χ3v) is 5.72. The number of halogens is 2. The molecule has 0 amide bonds. The van der Waals surface area contributed by atoms with Gasteiger partial charge in [0.25, 0.3) is 0 Å². The Morgan fingerprint density at radius 1 is 1.30 bits per heavy atom. The molecular formula is C21H22Cl2N4O3. The number of imidazole rings is 1. The maximum atomic E-state index is 12.8. The number of aliphatic hydroxyl groups is 1. The molecule has 158 valence electrons. The Morgan fingerprint density at radius 3 is 2.73 bits per heavy atom. The van der Waals surface area contributed by atoms with E-state index in [0.29, 0.717) is 34.3 Å². The highest BCUT2D eigenvalue weighted by Gasteiger charge is 2.42. The lowest BCUT2D eigenvalue weighted by Crippen LogP contribution is -2.45. The van der Waals surface area contributed by atoms with Crippen LogP contribution in [-0.2, 0) is 9.53 Å². The molecule has 0 unspecified atom stereocenters.